The highest BCUT2D eigenvalue weighted by molar-refractivity contribution is 7.82. The molecule has 0 unspecified atom stereocenters. The van der Waals surface area contributed by atoms with Crippen LogP contribution in [0.4, 0.5) is 0 Å². The van der Waals surface area contributed by atoms with Gasteiger partial charge < -0.3 is 0 Å². The van der Waals surface area contributed by atoms with Gasteiger partial charge in [-0.3, -0.25) is 0 Å². The van der Waals surface area contributed by atoms with Crippen LogP contribution in [0.5, 0.6) is 0 Å². The molecule has 0 radical (unpaired) electrons. The summed E-state index contributed by atoms with van der Waals surface area (Å²) >= 11 is 0. The van der Waals surface area contributed by atoms with Crippen molar-refractivity contribution in [2.24, 2.45) is 0 Å². The van der Waals surface area contributed by atoms with Crippen LogP contribution in [-0.4, -0.2) is 0 Å². The average Bonchev–Trinajstić information content (AvgIpc) is 3.13. The second kappa shape index (κ2) is 12.9. The molecule has 0 saturated heterocycles. The first-order chi connectivity index (χ1) is 22.8. The van der Waals surface area contributed by atoms with Crippen molar-refractivity contribution in [2.75, 3.05) is 0 Å². The Bertz CT molecular complexity index is 2170. The normalized spacial score (nSPS) is 11.4. The smallest absolute Gasteiger partial charge is 0.00126 e. The zero-order valence-corrected chi connectivity index (χ0v) is 27.2. The van der Waals surface area contributed by atoms with Crippen LogP contribution >= 0.6 is 15.8 Å². The Morgan fingerprint density at radius 2 is 0.739 bits per heavy atom. The topological polar surface area (TPSA) is 0 Å². The van der Waals surface area contributed by atoms with E-state index < -0.39 is 15.8 Å². The van der Waals surface area contributed by atoms with Crippen LogP contribution in [0.3, 0.4) is 0 Å². The molecule has 218 valence electrons. The molecule has 0 aromatic heterocycles. The van der Waals surface area contributed by atoms with Gasteiger partial charge in [0.1, 0.15) is 0 Å². The minimum atomic E-state index is -0.902. The van der Waals surface area contributed by atoms with Gasteiger partial charge in [0.15, 0.2) is 0 Å². The van der Waals surface area contributed by atoms with Gasteiger partial charge >= 0.3 is 0 Å². The SMILES string of the molecule is c1ccc(P(c2ccccc2)c2cc3ccccc3c(P(c3ccccc3)c3ccccc3)c2-c2ccc3ccccc3c2)cc1. The van der Waals surface area contributed by atoms with Crippen molar-refractivity contribution in [3.8, 4) is 11.1 Å². The standard InChI is InChI=1S/C44H32P2/c1-5-20-37(21-6-1)45(38-22-7-2-8-23-38)42-32-35-19-15-16-28-41(35)44(43(42)36-30-29-33-17-13-14-18-34(33)31-36)46(39-24-9-3-10-25-39)40-26-11-4-12-27-40/h1-32H. The number of hydrogen-bond donors (Lipinski definition) is 0. The molecule has 8 aromatic rings. The van der Waals surface area contributed by atoms with Crippen molar-refractivity contribution in [2.45, 2.75) is 0 Å². The fourth-order valence-corrected chi connectivity index (χ4v) is 11.8. The van der Waals surface area contributed by atoms with Crippen molar-refractivity contribution in [1.29, 1.82) is 0 Å². The second-order valence-corrected chi connectivity index (χ2v) is 15.8. The molecule has 8 rings (SSSR count). The summed E-state index contributed by atoms with van der Waals surface area (Å²) in [6.07, 6.45) is 0. The van der Waals surface area contributed by atoms with E-state index in [0.29, 0.717) is 0 Å². The predicted molar refractivity (Wildman–Crippen MR) is 204 cm³/mol. The van der Waals surface area contributed by atoms with Crippen LogP contribution in [0.2, 0.25) is 0 Å². The lowest BCUT2D eigenvalue weighted by Crippen LogP contribution is -2.30. The molecule has 0 aliphatic rings. The van der Waals surface area contributed by atoms with Gasteiger partial charge in [-0.15, -0.1) is 0 Å². The van der Waals surface area contributed by atoms with Crippen LogP contribution < -0.4 is 31.8 Å². The van der Waals surface area contributed by atoms with Crippen molar-refractivity contribution in [3.05, 3.63) is 194 Å². The molecule has 0 heterocycles. The highest BCUT2D eigenvalue weighted by atomic mass is 31.1. The van der Waals surface area contributed by atoms with E-state index in [2.05, 4.69) is 194 Å². The average molecular weight is 623 g/mol. The van der Waals surface area contributed by atoms with Gasteiger partial charge in [-0.25, -0.2) is 0 Å². The van der Waals surface area contributed by atoms with E-state index in [4.69, 9.17) is 0 Å². The van der Waals surface area contributed by atoms with Crippen molar-refractivity contribution in [1.82, 2.24) is 0 Å². The molecule has 2 heteroatoms. The summed E-state index contributed by atoms with van der Waals surface area (Å²) in [4.78, 5) is 0. The molecule has 0 nitrogen and oxygen atoms in total. The fraction of sp³-hybridized carbons (Fsp3) is 0. The zero-order chi connectivity index (χ0) is 30.7. The number of rotatable bonds is 7. The third-order valence-electron chi connectivity index (χ3n) is 8.56. The lowest BCUT2D eigenvalue weighted by molar-refractivity contribution is 1.71. The predicted octanol–water partition coefficient (Wildman–Crippen LogP) is 9.18. The Morgan fingerprint density at radius 1 is 0.304 bits per heavy atom. The Kier molecular flexibility index (Phi) is 8.00. The molecule has 0 atom stereocenters. The van der Waals surface area contributed by atoms with Gasteiger partial charge in [0.05, 0.1) is 0 Å². The molecule has 46 heavy (non-hydrogen) atoms. The van der Waals surface area contributed by atoms with Crippen LogP contribution in [0.15, 0.2) is 194 Å². The molecule has 0 spiro atoms. The lowest BCUT2D eigenvalue weighted by Gasteiger charge is -2.30. The van der Waals surface area contributed by atoms with Crippen LogP contribution in [0.25, 0.3) is 32.7 Å². The lowest BCUT2D eigenvalue weighted by atomic mass is 9.98. The van der Waals surface area contributed by atoms with Gasteiger partial charge in [0.25, 0.3) is 0 Å². The van der Waals surface area contributed by atoms with Gasteiger partial charge in [0.2, 0.25) is 0 Å². The molecule has 0 aliphatic carbocycles. The van der Waals surface area contributed by atoms with E-state index in [9.17, 15) is 0 Å². The molecular formula is C44H32P2. The molecule has 0 bridgehead atoms. The Balaban J connectivity index is 1.55. The summed E-state index contributed by atoms with van der Waals surface area (Å²) in [6.45, 7) is 0. The third-order valence-corrected chi connectivity index (χ3v) is 13.6. The molecule has 0 saturated carbocycles. The van der Waals surface area contributed by atoms with Crippen LogP contribution in [0, 0.1) is 0 Å². The van der Waals surface area contributed by atoms with E-state index in [0.717, 1.165) is 0 Å². The largest absolute Gasteiger partial charge is 0.0622 e. The highest BCUT2D eigenvalue weighted by Crippen LogP contribution is 2.45. The van der Waals surface area contributed by atoms with Crippen molar-refractivity contribution < 1.29 is 0 Å². The fourth-order valence-electron chi connectivity index (χ4n) is 6.49. The molecular weight excluding hydrogens is 590 g/mol. The molecule has 8 aromatic carbocycles. The summed E-state index contributed by atoms with van der Waals surface area (Å²) in [5.74, 6) is 0. The van der Waals surface area contributed by atoms with Crippen molar-refractivity contribution >= 4 is 69.2 Å². The first-order valence-electron chi connectivity index (χ1n) is 15.7. The molecule has 0 N–H and O–H groups in total. The van der Waals surface area contributed by atoms with Gasteiger partial charge in [-0.1, -0.05) is 182 Å². The van der Waals surface area contributed by atoms with Crippen LogP contribution in [0.1, 0.15) is 0 Å². The Hall–Kier alpha value is -4.86. The van der Waals surface area contributed by atoms with E-state index in [-0.39, 0.29) is 0 Å². The highest BCUT2D eigenvalue weighted by Gasteiger charge is 2.29. The van der Waals surface area contributed by atoms with Crippen molar-refractivity contribution in [3.63, 3.8) is 0 Å². The summed E-state index contributed by atoms with van der Waals surface area (Å²) in [5.41, 5.74) is 2.63. The maximum absolute atomic E-state index is 2.50. The number of hydrogen-bond acceptors (Lipinski definition) is 0. The van der Waals surface area contributed by atoms with Crippen LogP contribution in [-0.2, 0) is 0 Å². The maximum atomic E-state index is 2.50. The van der Waals surface area contributed by atoms with E-state index >= 15 is 0 Å². The quantitative estimate of drug-likeness (QED) is 0.156. The first-order valence-corrected chi connectivity index (χ1v) is 18.4. The number of benzene rings is 8. The Labute approximate surface area is 273 Å². The van der Waals surface area contributed by atoms with Gasteiger partial charge in [0, 0.05) is 5.30 Å². The summed E-state index contributed by atoms with van der Waals surface area (Å²) in [5, 5.41) is 13.4. The molecule has 0 amide bonds. The number of fused-ring (bicyclic) bond motifs is 2. The van der Waals surface area contributed by atoms with E-state index in [1.807, 2.05) is 0 Å². The second-order valence-electron chi connectivity index (χ2n) is 11.4. The zero-order valence-electron chi connectivity index (χ0n) is 25.4. The molecule has 0 fully saturated rings. The summed E-state index contributed by atoms with van der Waals surface area (Å²) in [6, 6.07) is 71.9. The van der Waals surface area contributed by atoms with E-state index in [1.165, 1.54) is 64.5 Å². The minimum Gasteiger partial charge on any atom is -0.0622 e. The minimum absolute atomic E-state index is 0.875. The first kappa shape index (κ1) is 28.6. The molecule has 0 aliphatic heterocycles. The monoisotopic (exact) mass is 622 g/mol. The Morgan fingerprint density at radius 3 is 1.28 bits per heavy atom. The van der Waals surface area contributed by atoms with E-state index in [1.54, 1.807) is 0 Å². The summed E-state index contributed by atoms with van der Waals surface area (Å²) < 4.78 is 0. The van der Waals surface area contributed by atoms with Gasteiger partial charge in [-0.2, -0.15) is 0 Å². The maximum Gasteiger partial charge on any atom is 0.00126 e. The summed E-state index contributed by atoms with van der Waals surface area (Å²) in [7, 11) is -1.78. The van der Waals surface area contributed by atoms with Gasteiger partial charge in [-0.05, 0) is 87.2 Å². The third kappa shape index (κ3) is 5.46.